The normalized spacial score (nSPS) is 12.5. The minimum Gasteiger partial charge on any atom is -0.491 e. The first kappa shape index (κ1) is 15.6. The molecule has 2 rings (SSSR count). The first-order valence-corrected chi connectivity index (χ1v) is 7.44. The molecule has 2 aromatic carbocycles. The third-order valence-electron chi connectivity index (χ3n) is 3.56. The van der Waals surface area contributed by atoms with E-state index >= 15 is 0 Å². The van der Waals surface area contributed by atoms with E-state index < -0.39 is 6.10 Å². The molecule has 0 radical (unpaired) electrons. The number of aliphatic hydroxyl groups excluding tert-OH is 1. The van der Waals surface area contributed by atoms with Crippen molar-refractivity contribution in [3.63, 3.8) is 0 Å². The molecule has 0 aliphatic heterocycles. The SMILES string of the molecule is Cc1cc(C)cc(C(O)COc2cccc(C(C)C)c2)c1. The molecular formula is C19H24O2. The van der Waals surface area contributed by atoms with Gasteiger partial charge in [0.15, 0.2) is 0 Å². The quantitative estimate of drug-likeness (QED) is 0.873. The number of hydrogen-bond acceptors (Lipinski definition) is 2. The minimum atomic E-state index is -0.605. The average molecular weight is 284 g/mol. The standard InChI is InChI=1S/C19H24O2/c1-13(2)16-6-5-7-18(11-16)21-12-19(20)17-9-14(3)8-15(4)10-17/h5-11,13,19-20H,12H2,1-4H3. The monoisotopic (exact) mass is 284 g/mol. The molecule has 1 unspecified atom stereocenters. The van der Waals surface area contributed by atoms with Crippen molar-refractivity contribution in [2.75, 3.05) is 6.61 Å². The highest BCUT2D eigenvalue weighted by Crippen LogP contribution is 2.22. The van der Waals surface area contributed by atoms with Gasteiger partial charge in [-0.25, -0.2) is 0 Å². The van der Waals surface area contributed by atoms with Gasteiger partial charge in [0.25, 0.3) is 0 Å². The molecule has 1 N–H and O–H groups in total. The minimum absolute atomic E-state index is 0.268. The van der Waals surface area contributed by atoms with E-state index in [1.165, 1.54) is 5.56 Å². The van der Waals surface area contributed by atoms with Crippen LogP contribution in [0.15, 0.2) is 42.5 Å². The van der Waals surface area contributed by atoms with Gasteiger partial charge in [-0.2, -0.15) is 0 Å². The summed E-state index contributed by atoms with van der Waals surface area (Å²) in [5, 5.41) is 10.3. The van der Waals surface area contributed by atoms with Gasteiger partial charge in [0.2, 0.25) is 0 Å². The van der Waals surface area contributed by atoms with Gasteiger partial charge >= 0.3 is 0 Å². The van der Waals surface area contributed by atoms with E-state index in [0.717, 1.165) is 22.4 Å². The van der Waals surface area contributed by atoms with Crippen LogP contribution >= 0.6 is 0 Å². The van der Waals surface area contributed by atoms with Crippen LogP contribution in [0, 0.1) is 13.8 Å². The van der Waals surface area contributed by atoms with Gasteiger partial charge in [0, 0.05) is 0 Å². The highest BCUT2D eigenvalue weighted by Gasteiger charge is 2.10. The zero-order valence-electron chi connectivity index (χ0n) is 13.3. The third-order valence-corrected chi connectivity index (χ3v) is 3.56. The molecule has 0 heterocycles. The topological polar surface area (TPSA) is 29.5 Å². The molecule has 2 heteroatoms. The van der Waals surface area contributed by atoms with Crippen LogP contribution in [0.5, 0.6) is 5.75 Å². The van der Waals surface area contributed by atoms with E-state index in [1.54, 1.807) is 0 Å². The first-order chi connectivity index (χ1) is 9.95. The summed E-state index contributed by atoms with van der Waals surface area (Å²) >= 11 is 0. The molecule has 0 amide bonds. The number of benzene rings is 2. The fourth-order valence-electron chi connectivity index (χ4n) is 2.44. The van der Waals surface area contributed by atoms with Crippen molar-refractivity contribution in [2.24, 2.45) is 0 Å². The molecule has 0 aliphatic carbocycles. The maximum absolute atomic E-state index is 10.3. The number of hydrogen-bond donors (Lipinski definition) is 1. The summed E-state index contributed by atoms with van der Waals surface area (Å²) in [4.78, 5) is 0. The summed E-state index contributed by atoms with van der Waals surface area (Å²) in [6, 6.07) is 14.2. The maximum atomic E-state index is 10.3. The zero-order valence-corrected chi connectivity index (χ0v) is 13.3. The lowest BCUT2D eigenvalue weighted by molar-refractivity contribution is 0.108. The van der Waals surface area contributed by atoms with Crippen LogP contribution in [0.2, 0.25) is 0 Å². The van der Waals surface area contributed by atoms with Crippen LogP contribution in [0.1, 0.15) is 48.1 Å². The van der Waals surface area contributed by atoms with E-state index in [4.69, 9.17) is 4.74 Å². The molecule has 2 aromatic rings. The Bertz CT molecular complexity index is 582. The lowest BCUT2D eigenvalue weighted by Crippen LogP contribution is -2.10. The van der Waals surface area contributed by atoms with Gasteiger partial charge in [0.05, 0.1) is 0 Å². The molecule has 0 fully saturated rings. The molecule has 21 heavy (non-hydrogen) atoms. The van der Waals surface area contributed by atoms with Gasteiger partial charge in [-0.3, -0.25) is 0 Å². The number of aliphatic hydroxyl groups is 1. The molecule has 1 atom stereocenters. The fraction of sp³-hybridized carbons (Fsp3) is 0.368. The summed E-state index contributed by atoms with van der Waals surface area (Å²) < 4.78 is 5.74. The molecule has 2 nitrogen and oxygen atoms in total. The van der Waals surface area contributed by atoms with Gasteiger partial charge in [-0.1, -0.05) is 55.3 Å². The van der Waals surface area contributed by atoms with Crippen LogP contribution in [0.4, 0.5) is 0 Å². The Hall–Kier alpha value is -1.80. The summed E-state index contributed by atoms with van der Waals surface area (Å²) in [7, 11) is 0. The van der Waals surface area contributed by atoms with Crippen molar-refractivity contribution in [3.05, 3.63) is 64.7 Å². The van der Waals surface area contributed by atoms with Gasteiger partial charge in [-0.15, -0.1) is 0 Å². The van der Waals surface area contributed by atoms with Gasteiger partial charge in [0.1, 0.15) is 18.5 Å². The maximum Gasteiger partial charge on any atom is 0.119 e. The number of aryl methyl sites for hydroxylation is 2. The highest BCUT2D eigenvalue weighted by molar-refractivity contribution is 5.32. The lowest BCUT2D eigenvalue weighted by Gasteiger charge is -2.15. The van der Waals surface area contributed by atoms with Crippen LogP contribution < -0.4 is 4.74 Å². The lowest BCUT2D eigenvalue weighted by atomic mass is 10.0. The zero-order chi connectivity index (χ0) is 15.4. The second kappa shape index (κ2) is 6.77. The van der Waals surface area contributed by atoms with Gasteiger partial charge < -0.3 is 9.84 Å². The molecular weight excluding hydrogens is 260 g/mol. The molecule has 0 saturated heterocycles. The highest BCUT2D eigenvalue weighted by atomic mass is 16.5. The van der Waals surface area contributed by atoms with Crippen molar-refractivity contribution in [2.45, 2.75) is 39.7 Å². The van der Waals surface area contributed by atoms with E-state index in [0.29, 0.717) is 5.92 Å². The predicted octanol–water partition coefficient (Wildman–Crippen LogP) is 4.54. The molecule has 0 saturated carbocycles. The molecule has 0 aromatic heterocycles. The predicted molar refractivity (Wildman–Crippen MR) is 86.9 cm³/mol. The Kier molecular flexibility index (Phi) is 5.03. The Labute approximate surface area is 127 Å². The van der Waals surface area contributed by atoms with E-state index in [2.05, 4.69) is 26.0 Å². The Morgan fingerprint density at radius 3 is 2.24 bits per heavy atom. The van der Waals surface area contributed by atoms with Crippen LogP contribution in [-0.4, -0.2) is 11.7 Å². The molecule has 0 bridgehead atoms. The van der Waals surface area contributed by atoms with Crippen LogP contribution in [0.3, 0.4) is 0 Å². The summed E-state index contributed by atoms with van der Waals surface area (Å²) in [6.45, 7) is 8.66. The third kappa shape index (κ3) is 4.33. The Morgan fingerprint density at radius 2 is 1.62 bits per heavy atom. The average Bonchev–Trinajstić information content (AvgIpc) is 2.44. The van der Waals surface area contributed by atoms with Crippen molar-refractivity contribution in [1.29, 1.82) is 0 Å². The molecule has 0 aliphatic rings. The van der Waals surface area contributed by atoms with Gasteiger partial charge in [-0.05, 0) is 43.0 Å². The van der Waals surface area contributed by atoms with E-state index in [9.17, 15) is 5.11 Å². The smallest absolute Gasteiger partial charge is 0.119 e. The first-order valence-electron chi connectivity index (χ1n) is 7.44. The van der Waals surface area contributed by atoms with Crippen molar-refractivity contribution >= 4 is 0 Å². The van der Waals surface area contributed by atoms with Crippen molar-refractivity contribution < 1.29 is 9.84 Å². The fourth-order valence-corrected chi connectivity index (χ4v) is 2.44. The van der Waals surface area contributed by atoms with Crippen LogP contribution in [-0.2, 0) is 0 Å². The number of rotatable bonds is 5. The Morgan fingerprint density at radius 1 is 0.952 bits per heavy atom. The Balaban J connectivity index is 2.03. The van der Waals surface area contributed by atoms with E-state index in [-0.39, 0.29) is 6.61 Å². The second-order valence-electron chi connectivity index (χ2n) is 5.98. The summed E-state index contributed by atoms with van der Waals surface area (Å²) in [6.07, 6.45) is -0.605. The summed E-state index contributed by atoms with van der Waals surface area (Å²) in [5.41, 5.74) is 4.47. The number of ether oxygens (including phenoxy) is 1. The molecule has 0 spiro atoms. The second-order valence-corrected chi connectivity index (χ2v) is 5.98. The van der Waals surface area contributed by atoms with Crippen molar-refractivity contribution in [1.82, 2.24) is 0 Å². The largest absolute Gasteiger partial charge is 0.491 e. The summed E-state index contributed by atoms with van der Waals surface area (Å²) in [5.74, 6) is 1.28. The van der Waals surface area contributed by atoms with E-state index in [1.807, 2.05) is 44.2 Å². The molecule has 112 valence electrons. The van der Waals surface area contributed by atoms with Crippen LogP contribution in [0.25, 0.3) is 0 Å². The van der Waals surface area contributed by atoms with Crippen molar-refractivity contribution in [3.8, 4) is 5.75 Å².